The quantitative estimate of drug-likeness (QED) is 0.596. The van der Waals surface area contributed by atoms with E-state index >= 15 is 0 Å². The van der Waals surface area contributed by atoms with E-state index in [-0.39, 0.29) is 16.8 Å². The lowest BCUT2D eigenvalue weighted by Crippen LogP contribution is -2.28. The van der Waals surface area contributed by atoms with Crippen molar-refractivity contribution in [3.05, 3.63) is 94.5 Å². The average molecular weight is 437 g/mol. The third-order valence-electron chi connectivity index (χ3n) is 5.41. The Balaban J connectivity index is 1.74. The van der Waals surface area contributed by atoms with Crippen molar-refractivity contribution in [2.45, 2.75) is 38.6 Å². The van der Waals surface area contributed by atoms with E-state index in [0.717, 1.165) is 16.7 Å². The number of rotatable bonds is 6. The van der Waals surface area contributed by atoms with Crippen molar-refractivity contribution in [2.75, 3.05) is 11.4 Å². The van der Waals surface area contributed by atoms with E-state index in [0.29, 0.717) is 11.3 Å². The van der Waals surface area contributed by atoms with Crippen LogP contribution in [0.4, 0.5) is 5.69 Å². The molecule has 31 heavy (non-hydrogen) atoms. The highest BCUT2D eigenvalue weighted by atomic mass is 32.2. The van der Waals surface area contributed by atoms with Crippen molar-refractivity contribution in [2.24, 2.45) is 0 Å². The Morgan fingerprint density at radius 3 is 2.03 bits per heavy atom. The average Bonchev–Trinajstić information content (AvgIpc) is 2.73. The number of carbonyl (C=O) groups excluding carboxylic acids is 1. The maximum Gasteiger partial charge on any atom is 0.264 e. The molecular formula is C25H28N2O3S. The highest BCUT2D eigenvalue weighted by Gasteiger charge is 2.21. The van der Waals surface area contributed by atoms with Crippen molar-refractivity contribution >= 4 is 21.6 Å². The van der Waals surface area contributed by atoms with Crippen LogP contribution in [-0.2, 0) is 10.0 Å². The molecule has 0 radical (unpaired) electrons. The van der Waals surface area contributed by atoms with Crippen molar-refractivity contribution in [3.63, 3.8) is 0 Å². The molecule has 3 rings (SSSR count). The van der Waals surface area contributed by atoms with Crippen LogP contribution in [0.2, 0.25) is 0 Å². The van der Waals surface area contributed by atoms with E-state index in [4.69, 9.17) is 0 Å². The van der Waals surface area contributed by atoms with Gasteiger partial charge in [0.25, 0.3) is 15.9 Å². The van der Waals surface area contributed by atoms with Crippen LogP contribution in [0.5, 0.6) is 0 Å². The zero-order chi connectivity index (χ0) is 22.8. The van der Waals surface area contributed by atoms with Gasteiger partial charge in [0.1, 0.15) is 0 Å². The molecule has 5 nitrogen and oxygen atoms in total. The Hall–Kier alpha value is -3.12. The summed E-state index contributed by atoms with van der Waals surface area (Å²) in [6.07, 6.45) is 0. The topological polar surface area (TPSA) is 66.5 Å². The molecule has 0 heterocycles. The number of hydrogen-bond acceptors (Lipinski definition) is 3. The number of benzene rings is 3. The molecule has 0 aliphatic carbocycles. The summed E-state index contributed by atoms with van der Waals surface area (Å²) in [6, 6.07) is 19.3. The molecule has 0 saturated carbocycles. The number of hydrogen-bond donors (Lipinski definition) is 1. The fourth-order valence-corrected chi connectivity index (χ4v) is 4.69. The summed E-state index contributed by atoms with van der Waals surface area (Å²) in [4.78, 5) is 12.9. The third-order valence-corrected chi connectivity index (χ3v) is 7.21. The number of aryl methyl sites for hydroxylation is 3. The fraction of sp³-hybridized carbons (Fsp3) is 0.240. The zero-order valence-corrected chi connectivity index (χ0v) is 19.3. The van der Waals surface area contributed by atoms with Crippen LogP contribution >= 0.6 is 0 Å². The molecule has 3 aromatic carbocycles. The highest BCUT2D eigenvalue weighted by Crippen LogP contribution is 2.23. The first-order chi connectivity index (χ1) is 14.6. The Morgan fingerprint density at radius 1 is 0.871 bits per heavy atom. The number of nitrogens with one attached hydrogen (secondary N) is 1. The first-order valence-corrected chi connectivity index (χ1v) is 11.6. The predicted octanol–water partition coefficient (Wildman–Crippen LogP) is 4.93. The summed E-state index contributed by atoms with van der Waals surface area (Å²) in [7, 11) is -2.17. The van der Waals surface area contributed by atoms with E-state index in [1.54, 1.807) is 48.5 Å². The van der Waals surface area contributed by atoms with Crippen molar-refractivity contribution in [3.8, 4) is 0 Å². The Morgan fingerprint density at radius 2 is 1.45 bits per heavy atom. The monoisotopic (exact) mass is 436 g/mol. The van der Waals surface area contributed by atoms with Gasteiger partial charge >= 0.3 is 0 Å². The van der Waals surface area contributed by atoms with Gasteiger partial charge in [-0.3, -0.25) is 9.10 Å². The number of carbonyl (C=O) groups is 1. The molecule has 162 valence electrons. The number of sulfonamides is 1. The van der Waals surface area contributed by atoms with Crippen LogP contribution in [0, 0.1) is 20.8 Å². The van der Waals surface area contributed by atoms with Crippen LogP contribution in [0.1, 0.15) is 45.6 Å². The molecule has 3 aromatic rings. The second-order valence-corrected chi connectivity index (χ2v) is 9.86. The minimum Gasteiger partial charge on any atom is -0.346 e. The molecular weight excluding hydrogens is 408 g/mol. The molecule has 0 aromatic heterocycles. The van der Waals surface area contributed by atoms with Crippen molar-refractivity contribution < 1.29 is 13.2 Å². The van der Waals surface area contributed by atoms with E-state index in [9.17, 15) is 13.2 Å². The summed E-state index contributed by atoms with van der Waals surface area (Å²) < 4.78 is 27.0. The number of amides is 1. The molecule has 1 N–H and O–H groups in total. The second-order valence-electron chi connectivity index (χ2n) is 7.89. The molecule has 0 fully saturated rings. The van der Waals surface area contributed by atoms with Gasteiger partial charge in [-0.05, 0) is 75.2 Å². The third kappa shape index (κ3) is 4.97. The summed E-state index contributed by atoms with van der Waals surface area (Å²) in [5.74, 6) is -0.205. The standard InChI is InChI=1S/C25H28N2O3S/c1-17-6-13-23(14-7-17)31(29,30)27(5)22-11-9-21(10-12-22)25(28)26-20(4)24-15-8-18(2)16-19(24)3/h6-16,20H,1-5H3,(H,26,28)/t20-/m1/s1. The van der Waals surface area contributed by atoms with E-state index < -0.39 is 10.0 Å². The van der Waals surface area contributed by atoms with Gasteiger partial charge < -0.3 is 5.32 Å². The Bertz CT molecular complexity index is 1180. The predicted molar refractivity (Wildman–Crippen MR) is 125 cm³/mol. The van der Waals surface area contributed by atoms with Gasteiger partial charge in [-0.2, -0.15) is 0 Å². The summed E-state index contributed by atoms with van der Waals surface area (Å²) in [5, 5.41) is 3.01. The maximum absolute atomic E-state index is 12.9. The molecule has 0 aliphatic rings. The zero-order valence-electron chi connectivity index (χ0n) is 18.5. The van der Waals surface area contributed by atoms with Crippen LogP contribution in [0.3, 0.4) is 0 Å². The molecule has 0 aliphatic heterocycles. The normalized spacial score (nSPS) is 12.3. The second kappa shape index (κ2) is 8.94. The maximum atomic E-state index is 12.9. The summed E-state index contributed by atoms with van der Waals surface area (Å²) in [6.45, 7) is 7.93. The lowest BCUT2D eigenvalue weighted by molar-refractivity contribution is 0.0940. The Labute approximate surface area is 184 Å². The van der Waals surface area contributed by atoms with Gasteiger partial charge in [0.15, 0.2) is 0 Å². The highest BCUT2D eigenvalue weighted by molar-refractivity contribution is 7.92. The minimum atomic E-state index is -3.67. The Kier molecular flexibility index (Phi) is 6.51. The first-order valence-electron chi connectivity index (χ1n) is 10.1. The van der Waals surface area contributed by atoms with E-state index in [1.165, 1.54) is 16.9 Å². The summed E-state index contributed by atoms with van der Waals surface area (Å²) >= 11 is 0. The number of anilines is 1. The largest absolute Gasteiger partial charge is 0.346 e. The smallest absolute Gasteiger partial charge is 0.264 e. The SMILES string of the molecule is Cc1ccc(S(=O)(=O)N(C)c2ccc(C(=O)N[C@H](C)c3ccc(C)cc3C)cc2)cc1. The van der Waals surface area contributed by atoms with Gasteiger partial charge in [0, 0.05) is 12.6 Å². The minimum absolute atomic E-state index is 0.141. The molecule has 0 spiro atoms. The van der Waals surface area contributed by atoms with Gasteiger partial charge in [-0.15, -0.1) is 0 Å². The molecule has 0 saturated heterocycles. The number of nitrogens with zero attached hydrogens (tertiary/aromatic N) is 1. The van der Waals surface area contributed by atoms with Crippen LogP contribution in [-0.4, -0.2) is 21.4 Å². The molecule has 1 atom stereocenters. The first kappa shape index (κ1) is 22.6. The van der Waals surface area contributed by atoms with Crippen molar-refractivity contribution in [1.29, 1.82) is 0 Å². The van der Waals surface area contributed by atoms with Gasteiger partial charge in [0.05, 0.1) is 16.6 Å². The fourth-order valence-electron chi connectivity index (χ4n) is 3.50. The molecule has 0 unspecified atom stereocenters. The van der Waals surface area contributed by atoms with Gasteiger partial charge in [0.2, 0.25) is 0 Å². The molecule has 0 bridgehead atoms. The molecule has 1 amide bonds. The van der Waals surface area contributed by atoms with Crippen LogP contribution in [0.15, 0.2) is 71.6 Å². The van der Waals surface area contributed by atoms with E-state index in [2.05, 4.69) is 11.4 Å². The van der Waals surface area contributed by atoms with Crippen LogP contribution in [0.25, 0.3) is 0 Å². The van der Waals surface area contributed by atoms with Gasteiger partial charge in [-0.1, -0.05) is 41.5 Å². The molecule has 6 heteroatoms. The summed E-state index contributed by atoms with van der Waals surface area (Å²) in [5.41, 5.74) is 5.33. The van der Waals surface area contributed by atoms with E-state index in [1.807, 2.05) is 39.8 Å². The lowest BCUT2D eigenvalue weighted by atomic mass is 10.00. The van der Waals surface area contributed by atoms with Gasteiger partial charge in [-0.25, -0.2) is 8.42 Å². The van der Waals surface area contributed by atoms with Crippen LogP contribution < -0.4 is 9.62 Å². The van der Waals surface area contributed by atoms with Crippen molar-refractivity contribution in [1.82, 2.24) is 5.32 Å². The lowest BCUT2D eigenvalue weighted by Gasteiger charge is -2.20.